The molecule has 0 bridgehead atoms. The van der Waals surface area contributed by atoms with E-state index >= 15 is 0 Å². The molecule has 0 aliphatic heterocycles. The van der Waals surface area contributed by atoms with Crippen molar-refractivity contribution in [3.63, 3.8) is 0 Å². The van der Waals surface area contributed by atoms with Crippen LogP contribution < -0.4 is 0 Å². The number of ether oxygens (including phenoxy) is 3. The van der Waals surface area contributed by atoms with Gasteiger partial charge in [0.2, 0.25) is 0 Å². The molecule has 0 saturated carbocycles. The molecule has 0 fully saturated rings. The lowest BCUT2D eigenvalue weighted by molar-refractivity contribution is -0.161. The average molecular weight is 1120 g/mol. The molecule has 2 N–H and O–H groups in total. The van der Waals surface area contributed by atoms with Crippen LogP contribution in [0.2, 0.25) is 0 Å². The Balaban J connectivity index is 4.73. The number of aliphatic hydroxyl groups is 1. The van der Waals surface area contributed by atoms with Gasteiger partial charge in [-0.2, -0.15) is 0 Å². The summed E-state index contributed by atoms with van der Waals surface area (Å²) in [5, 5.41) is 9.83. The van der Waals surface area contributed by atoms with Crippen molar-refractivity contribution in [1.82, 2.24) is 0 Å². The molecule has 0 aromatic heterocycles. The van der Waals surface area contributed by atoms with E-state index in [1.807, 2.05) is 0 Å². The van der Waals surface area contributed by atoms with Crippen molar-refractivity contribution in [2.75, 3.05) is 26.4 Å². The maximum absolute atomic E-state index is 13.0. The maximum atomic E-state index is 13.0. The zero-order valence-corrected chi connectivity index (χ0v) is 51.0. The highest BCUT2D eigenvalue weighted by Gasteiger charge is 2.28. The van der Waals surface area contributed by atoms with Crippen LogP contribution in [0.3, 0.4) is 0 Å². The SMILES string of the molecule is CCC/C=C\C/C=C\CCCCCCCC(=O)OC(CO)COP(=O)(O)OCC(COC(=O)CCCCCCCCCCC/C=C\CCCCCCCC)OC(=O)CCCCCCCC/C=C\C/C=C\C/C=C\CCCCC. The van der Waals surface area contributed by atoms with Crippen LogP contribution in [0, 0.1) is 0 Å². The van der Waals surface area contributed by atoms with Crippen LogP contribution in [-0.2, 0) is 42.2 Å². The predicted octanol–water partition coefficient (Wildman–Crippen LogP) is 19.3. The van der Waals surface area contributed by atoms with Crippen molar-refractivity contribution >= 4 is 25.7 Å². The molecule has 0 amide bonds. The highest BCUT2D eigenvalue weighted by Crippen LogP contribution is 2.43. The van der Waals surface area contributed by atoms with Gasteiger partial charge in [-0.25, -0.2) is 4.57 Å². The molecule has 3 unspecified atom stereocenters. The number of unbranched alkanes of at least 4 members (excludes halogenated alkanes) is 30. The molecule has 0 saturated heterocycles. The lowest BCUT2D eigenvalue weighted by atomic mass is 10.1. The molecule has 0 aromatic rings. The summed E-state index contributed by atoms with van der Waals surface area (Å²) in [7, 11) is -4.76. The van der Waals surface area contributed by atoms with Crippen molar-refractivity contribution < 1.29 is 52.2 Å². The molecule has 0 rings (SSSR count). The number of hydrogen-bond donors (Lipinski definition) is 2. The summed E-state index contributed by atoms with van der Waals surface area (Å²) in [5.74, 6) is -1.49. The fraction of sp³-hybridized carbons (Fsp3) is 0.773. The van der Waals surface area contributed by atoms with Crippen LogP contribution >= 0.6 is 7.82 Å². The van der Waals surface area contributed by atoms with Crippen LogP contribution in [-0.4, -0.2) is 66.5 Å². The van der Waals surface area contributed by atoms with Gasteiger partial charge in [0.05, 0.1) is 19.8 Å². The van der Waals surface area contributed by atoms with Gasteiger partial charge in [0.1, 0.15) is 12.7 Å². The van der Waals surface area contributed by atoms with Crippen molar-refractivity contribution in [3.8, 4) is 0 Å². The number of rotatable bonds is 59. The van der Waals surface area contributed by atoms with Crippen molar-refractivity contribution in [1.29, 1.82) is 0 Å². The highest BCUT2D eigenvalue weighted by atomic mass is 31.2. The molecule has 78 heavy (non-hydrogen) atoms. The average Bonchev–Trinajstić information content (AvgIpc) is 3.43. The second-order valence-electron chi connectivity index (χ2n) is 21.2. The van der Waals surface area contributed by atoms with Gasteiger partial charge in [-0.05, 0) is 109 Å². The van der Waals surface area contributed by atoms with E-state index in [1.54, 1.807) is 0 Å². The van der Waals surface area contributed by atoms with E-state index in [-0.39, 0.29) is 25.9 Å². The summed E-state index contributed by atoms with van der Waals surface area (Å²) in [6, 6.07) is 0. The Labute approximate surface area is 478 Å². The van der Waals surface area contributed by atoms with Crippen molar-refractivity contribution in [2.45, 2.75) is 303 Å². The number of allylic oxidation sites excluding steroid dienone is 12. The number of phosphoric acid groups is 1. The monoisotopic (exact) mass is 1120 g/mol. The summed E-state index contributed by atoms with van der Waals surface area (Å²) in [4.78, 5) is 48.7. The van der Waals surface area contributed by atoms with Crippen LogP contribution in [0.1, 0.15) is 290 Å². The number of hydrogen-bond acceptors (Lipinski definition) is 10. The van der Waals surface area contributed by atoms with E-state index in [9.17, 15) is 28.9 Å². The standard InChI is InChI=1S/C66H117O11P/c1-4-7-10-13-16-19-22-25-27-29-31-33-35-38-40-43-46-49-52-55-64(68)73-59-63(77-66(70)57-54-51-48-45-42-39-36-34-32-30-28-26-23-20-17-14-11-8-5-2)61-75-78(71,72)74-60-62(58-67)76-65(69)56-53-50-47-44-41-37-24-21-18-15-12-9-6-3/h12,15,17,20-21,24-28,32,34,62-63,67H,4-11,13-14,16,18-19,22-23,29-31,33,35-61H2,1-3H3,(H,71,72)/b15-12-,20-17-,24-21-,27-25-,28-26-,34-32-. The van der Waals surface area contributed by atoms with Gasteiger partial charge < -0.3 is 24.2 Å². The first kappa shape index (κ1) is 74.9. The summed E-state index contributed by atoms with van der Waals surface area (Å²) in [6.45, 7) is 4.55. The molecule has 0 radical (unpaired) electrons. The van der Waals surface area contributed by atoms with Gasteiger partial charge in [0.15, 0.2) is 6.10 Å². The molecule has 452 valence electrons. The fourth-order valence-electron chi connectivity index (χ4n) is 8.69. The first-order valence-electron chi connectivity index (χ1n) is 31.8. The Hall–Kier alpha value is -3.08. The lowest BCUT2D eigenvalue weighted by Gasteiger charge is -2.21. The zero-order valence-electron chi connectivity index (χ0n) is 50.1. The Kier molecular flexibility index (Phi) is 57.7. The largest absolute Gasteiger partial charge is 0.472 e. The molecule has 11 nitrogen and oxygen atoms in total. The molecule has 0 aromatic carbocycles. The van der Waals surface area contributed by atoms with E-state index in [1.165, 1.54) is 116 Å². The van der Waals surface area contributed by atoms with E-state index < -0.39 is 57.8 Å². The summed E-state index contributed by atoms with van der Waals surface area (Å²) in [5.41, 5.74) is 0. The van der Waals surface area contributed by atoms with Crippen LogP contribution in [0.5, 0.6) is 0 Å². The summed E-state index contributed by atoms with van der Waals surface area (Å²) in [6.07, 6.45) is 68.5. The quantitative estimate of drug-likeness (QED) is 0.0197. The van der Waals surface area contributed by atoms with Crippen LogP contribution in [0.15, 0.2) is 72.9 Å². The minimum atomic E-state index is -4.76. The fourth-order valence-corrected chi connectivity index (χ4v) is 9.47. The third-order valence-corrected chi connectivity index (χ3v) is 14.5. The smallest absolute Gasteiger partial charge is 0.462 e. The molecule has 12 heteroatoms. The van der Waals surface area contributed by atoms with Gasteiger partial charge in [-0.15, -0.1) is 0 Å². The number of carbonyl (C=O) groups excluding carboxylic acids is 3. The van der Waals surface area contributed by atoms with Gasteiger partial charge in [0.25, 0.3) is 0 Å². The number of esters is 3. The second-order valence-corrected chi connectivity index (χ2v) is 22.7. The third-order valence-electron chi connectivity index (χ3n) is 13.6. The molecule has 0 spiro atoms. The first-order valence-corrected chi connectivity index (χ1v) is 33.3. The highest BCUT2D eigenvalue weighted by molar-refractivity contribution is 7.47. The maximum Gasteiger partial charge on any atom is 0.472 e. The van der Waals surface area contributed by atoms with E-state index in [0.29, 0.717) is 19.3 Å². The third kappa shape index (κ3) is 57.6. The summed E-state index contributed by atoms with van der Waals surface area (Å²) >= 11 is 0. The van der Waals surface area contributed by atoms with Gasteiger partial charge in [0, 0.05) is 19.3 Å². The number of phosphoric ester groups is 1. The minimum Gasteiger partial charge on any atom is -0.462 e. The van der Waals surface area contributed by atoms with E-state index in [0.717, 1.165) is 116 Å². The topological polar surface area (TPSA) is 155 Å². The lowest BCUT2D eigenvalue weighted by Crippen LogP contribution is -2.30. The molecule has 0 heterocycles. The zero-order chi connectivity index (χ0) is 56.9. The van der Waals surface area contributed by atoms with Crippen LogP contribution in [0.25, 0.3) is 0 Å². The summed E-state index contributed by atoms with van der Waals surface area (Å²) < 4.78 is 39.6. The molecule has 0 aliphatic carbocycles. The number of aliphatic hydroxyl groups excluding tert-OH is 1. The molecule has 0 aliphatic rings. The van der Waals surface area contributed by atoms with Gasteiger partial charge >= 0.3 is 25.7 Å². The minimum absolute atomic E-state index is 0.151. The Morgan fingerprint density at radius 3 is 1.05 bits per heavy atom. The normalized spacial score (nSPS) is 13.8. The first-order chi connectivity index (χ1) is 38.2. The van der Waals surface area contributed by atoms with Crippen molar-refractivity contribution in [3.05, 3.63) is 72.9 Å². The molecular weight excluding hydrogens is 1000 g/mol. The second kappa shape index (κ2) is 60.0. The van der Waals surface area contributed by atoms with Crippen molar-refractivity contribution in [2.24, 2.45) is 0 Å². The Morgan fingerprint density at radius 1 is 0.359 bits per heavy atom. The van der Waals surface area contributed by atoms with E-state index in [4.69, 9.17) is 23.3 Å². The number of carbonyl (C=O) groups is 3. The molecule has 3 atom stereocenters. The van der Waals surface area contributed by atoms with E-state index in [2.05, 4.69) is 93.7 Å². The molecular formula is C66H117O11P. The van der Waals surface area contributed by atoms with Gasteiger partial charge in [-0.1, -0.05) is 235 Å². The Morgan fingerprint density at radius 2 is 0.654 bits per heavy atom. The van der Waals surface area contributed by atoms with Crippen LogP contribution in [0.4, 0.5) is 0 Å². The predicted molar refractivity (Wildman–Crippen MR) is 325 cm³/mol. The Bertz CT molecular complexity index is 1590. The van der Waals surface area contributed by atoms with Gasteiger partial charge in [-0.3, -0.25) is 23.4 Å².